The van der Waals surface area contributed by atoms with Gasteiger partial charge in [0.1, 0.15) is 5.82 Å². The van der Waals surface area contributed by atoms with Crippen LogP contribution in [0.5, 0.6) is 0 Å². The number of hydrogen-bond acceptors (Lipinski definition) is 3. The minimum atomic E-state index is -5.04. The van der Waals surface area contributed by atoms with E-state index in [0.717, 1.165) is 12.1 Å². The molecule has 9 heteroatoms. The normalized spacial score (nSPS) is 11.5. The summed E-state index contributed by atoms with van der Waals surface area (Å²) in [6, 6.07) is 2.04. The van der Waals surface area contributed by atoms with Gasteiger partial charge in [0.15, 0.2) is 0 Å². The maximum absolute atomic E-state index is 12.8. The fourth-order valence-electron chi connectivity index (χ4n) is 0.985. The highest BCUT2D eigenvalue weighted by Crippen LogP contribution is 2.20. The van der Waals surface area contributed by atoms with Crippen LogP contribution in [-0.4, -0.2) is 25.3 Å². The fourth-order valence-corrected chi connectivity index (χ4v) is 1.55. The number of aromatic carboxylic acids is 1. The van der Waals surface area contributed by atoms with Crippen molar-refractivity contribution in [2.45, 2.75) is 5.76 Å². The Morgan fingerprint density at radius 2 is 1.94 bits per heavy atom. The first kappa shape index (κ1) is 13.3. The van der Waals surface area contributed by atoms with Gasteiger partial charge in [0.2, 0.25) is 0 Å². The molecule has 0 bridgehead atoms. The highest BCUT2D eigenvalue weighted by Gasteiger charge is 2.26. The van der Waals surface area contributed by atoms with E-state index in [-0.39, 0.29) is 0 Å². The molecular formula is C8H6F3NO4S. The first-order valence-corrected chi connectivity index (χ1v) is 5.61. The van der Waals surface area contributed by atoms with E-state index in [1.54, 1.807) is 0 Å². The van der Waals surface area contributed by atoms with E-state index in [0.29, 0.717) is 6.07 Å². The molecule has 0 heterocycles. The molecule has 5 nitrogen and oxygen atoms in total. The Balaban J connectivity index is 3.22. The van der Waals surface area contributed by atoms with E-state index < -0.39 is 38.8 Å². The summed E-state index contributed by atoms with van der Waals surface area (Å²) in [6.07, 6.45) is 0. The van der Waals surface area contributed by atoms with Crippen molar-refractivity contribution in [3.05, 3.63) is 29.6 Å². The molecule has 1 rings (SSSR count). The highest BCUT2D eigenvalue weighted by atomic mass is 32.2. The molecular weight excluding hydrogens is 263 g/mol. The van der Waals surface area contributed by atoms with Crippen LogP contribution in [0.1, 0.15) is 10.4 Å². The van der Waals surface area contributed by atoms with E-state index in [1.165, 1.54) is 4.72 Å². The molecule has 1 aromatic rings. The molecule has 0 fully saturated rings. The smallest absolute Gasteiger partial charge is 0.355 e. The molecule has 0 aliphatic carbocycles. The van der Waals surface area contributed by atoms with Crippen LogP contribution in [0, 0.1) is 5.82 Å². The molecule has 0 aliphatic heterocycles. The van der Waals surface area contributed by atoms with E-state index >= 15 is 0 Å². The van der Waals surface area contributed by atoms with Crippen molar-refractivity contribution >= 4 is 21.7 Å². The van der Waals surface area contributed by atoms with Crippen molar-refractivity contribution in [1.82, 2.24) is 0 Å². The molecule has 0 saturated heterocycles. The summed E-state index contributed by atoms with van der Waals surface area (Å²) in [5.41, 5.74) is -1.38. The third kappa shape index (κ3) is 3.09. The molecule has 94 valence electrons. The van der Waals surface area contributed by atoms with Crippen LogP contribution in [0.25, 0.3) is 0 Å². The van der Waals surface area contributed by atoms with Crippen LogP contribution >= 0.6 is 0 Å². The molecule has 1 aromatic carbocycles. The molecule has 0 radical (unpaired) electrons. The van der Waals surface area contributed by atoms with Crippen molar-refractivity contribution in [2.24, 2.45) is 0 Å². The van der Waals surface area contributed by atoms with Gasteiger partial charge < -0.3 is 5.11 Å². The van der Waals surface area contributed by atoms with Gasteiger partial charge in [0, 0.05) is 0 Å². The largest absolute Gasteiger partial charge is 0.478 e. The molecule has 0 unspecified atom stereocenters. The molecule has 0 aromatic heterocycles. The lowest BCUT2D eigenvalue weighted by Crippen LogP contribution is -2.22. The molecule has 0 saturated carbocycles. The van der Waals surface area contributed by atoms with Crippen LogP contribution in [-0.2, 0) is 10.0 Å². The Morgan fingerprint density at radius 1 is 1.35 bits per heavy atom. The summed E-state index contributed by atoms with van der Waals surface area (Å²) in [5, 5.41) is 8.65. The van der Waals surface area contributed by atoms with Gasteiger partial charge in [-0.05, 0) is 18.2 Å². The zero-order valence-electron chi connectivity index (χ0n) is 8.02. The molecule has 0 amide bonds. The second-order valence-electron chi connectivity index (χ2n) is 2.90. The molecule has 2 N–H and O–H groups in total. The summed E-state index contributed by atoms with van der Waals surface area (Å²) in [4.78, 5) is 10.6. The van der Waals surface area contributed by atoms with Crippen molar-refractivity contribution in [2.75, 3.05) is 4.72 Å². The Labute approximate surface area is 93.9 Å². The minimum absolute atomic E-state index is 0.503. The number of carbonyl (C=O) groups is 1. The third-order valence-electron chi connectivity index (χ3n) is 1.70. The number of hydrogen-bond donors (Lipinski definition) is 2. The predicted molar refractivity (Wildman–Crippen MR) is 51.9 cm³/mol. The summed E-state index contributed by atoms with van der Waals surface area (Å²) in [6.45, 7) is 0. The number of carboxylic acid groups (broad SMARTS) is 1. The highest BCUT2D eigenvalue weighted by molar-refractivity contribution is 7.93. The first-order chi connectivity index (χ1) is 7.74. The number of alkyl halides is 2. The third-order valence-corrected chi connectivity index (χ3v) is 2.67. The van der Waals surface area contributed by atoms with Gasteiger partial charge in [-0.15, -0.1) is 0 Å². The summed E-state index contributed by atoms with van der Waals surface area (Å²) >= 11 is 0. The zero-order chi connectivity index (χ0) is 13.2. The van der Waals surface area contributed by atoms with Crippen LogP contribution in [0.15, 0.2) is 18.2 Å². The van der Waals surface area contributed by atoms with Crippen molar-refractivity contribution in [3.8, 4) is 0 Å². The van der Waals surface area contributed by atoms with Gasteiger partial charge in [-0.25, -0.2) is 17.6 Å². The average molecular weight is 269 g/mol. The molecule has 0 spiro atoms. The minimum Gasteiger partial charge on any atom is -0.478 e. The first-order valence-electron chi connectivity index (χ1n) is 4.06. The standard InChI is InChI=1S/C8H6F3NO4S/c9-4-1-2-5(7(13)14)6(3-4)12-17(15,16)8(10)11/h1-3,8,12H,(H,13,14). The summed E-state index contributed by atoms with van der Waals surface area (Å²) < 4.78 is 59.8. The average Bonchev–Trinajstić information content (AvgIpc) is 2.15. The summed E-state index contributed by atoms with van der Waals surface area (Å²) in [5.74, 6) is -6.27. The number of rotatable bonds is 4. The monoisotopic (exact) mass is 269 g/mol. The van der Waals surface area contributed by atoms with E-state index in [2.05, 4.69) is 0 Å². The topological polar surface area (TPSA) is 83.5 Å². The van der Waals surface area contributed by atoms with E-state index in [4.69, 9.17) is 5.11 Å². The fraction of sp³-hybridized carbons (Fsp3) is 0.125. The lowest BCUT2D eigenvalue weighted by atomic mass is 10.2. The van der Waals surface area contributed by atoms with Gasteiger partial charge in [0.05, 0.1) is 11.3 Å². The number of sulfonamides is 1. The molecule has 17 heavy (non-hydrogen) atoms. The molecule has 0 aliphatic rings. The number of carboxylic acids is 1. The number of halogens is 3. The van der Waals surface area contributed by atoms with Gasteiger partial charge in [0.25, 0.3) is 10.0 Å². The number of nitrogens with one attached hydrogen (secondary N) is 1. The lowest BCUT2D eigenvalue weighted by molar-refractivity contribution is 0.0698. The Kier molecular flexibility index (Phi) is 3.61. The predicted octanol–water partition coefficient (Wildman–Crippen LogP) is 1.49. The number of anilines is 1. The molecule has 0 atom stereocenters. The van der Waals surface area contributed by atoms with Gasteiger partial charge >= 0.3 is 11.7 Å². The zero-order valence-corrected chi connectivity index (χ0v) is 8.84. The lowest BCUT2D eigenvalue weighted by Gasteiger charge is -2.09. The second kappa shape index (κ2) is 4.62. The summed E-state index contributed by atoms with van der Waals surface area (Å²) in [7, 11) is -5.04. The van der Waals surface area contributed by atoms with Crippen LogP contribution < -0.4 is 4.72 Å². The van der Waals surface area contributed by atoms with E-state index in [1.807, 2.05) is 0 Å². The SMILES string of the molecule is O=C(O)c1ccc(F)cc1NS(=O)(=O)C(F)F. The van der Waals surface area contributed by atoms with E-state index in [9.17, 15) is 26.4 Å². The van der Waals surface area contributed by atoms with Gasteiger partial charge in [-0.1, -0.05) is 0 Å². The van der Waals surface area contributed by atoms with Crippen LogP contribution in [0.2, 0.25) is 0 Å². The Morgan fingerprint density at radius 3 is 2.41 bits per heavy atom. The van der Waals surface area contributed by atoms with Crippen LogP contribution in [0.3, 0.4) is 0 Å². The van der Waals surface area contributed by atoms with Crippen molar-refractivity contribution in [3.63, 3.8) is 0 Å². The second-order valence-corrected chi connectivity index (χ2v) is 4.55. The van der Waals surface area contributed by atoms with Crippen molar-refractivity contribution < 1.29 is 31.5 Å². The van der Waals surface area contributed by atoms with Gasteiger partial charge in [-0.3, -0.25) is 4.72 Å². The Hall–Kier alpha value is -1.77. The maximum atomic E-state index is 12.8. The Bertz CT molecular complexity index is 544. The maximum Gasteiger partial charge on any atom is 0.355 e. The van der Waals surface area contributed by atoms with Crippen LogP contribution in [0.4, 0.5) is 18.9 Å². The quantitative estimate of drug-likeness (QED) is 0.867. The van der Waals surface area contributed by atoms with Gasteiger partial charge in [-0.2, -0.15) is 8.78 Å². The van der Waals surface area contributed by atoms with Crippen molar-refractivity contribution in [1.29, 1.82) is 0 Å². The number of benzene rings is 1.